The first-order chi connectivity index (χ1) is 9.58. The lowest BCUT2D eigenvalue weighted by atomic mass is 10.3. The summed E-state index contributed by atoms with van der Waals surface area (Å²) < 4.78 is 1.99. The number of amides is 1. The van der Waals surface area contributed by atoms with E-state index in [4.69, 9.17) is 5.73 Å². The number of rotatable bonds is 7. The van der Waals surface area contributed by atoms with E-state index in [0.29, 0.717) is 18.9 Å². The maximum absolute atomic E-state index is 11.0. The number of nitrogens with two attached hydrogens (primary N) is 1. The maximum atomic E-state index is 11.0. The van der Waals surface area contributed by atoms with E-state index in [-0.39, 0.29) is 5.91 Å². The van der Waals surface area contributed by atoms with Crippen LogP contribution in [0.3, 0.4) is 0 Å². The summed E-state index contributed by atoms with van der Waals surface area (Å²) >= 11 is 3.28. The highest BCUT2D eigenvalue weighted by Crippen LogP contribution is 2.28. The van der Waals surface area contributed by atoms with Crippen molar-refractivity contribution in [2.24, 2.45) is 11.7 Å². The number of primary amides is 1. The van der Waals surface area contributed by atoms with E-state index in [1.54, 1.807) is 23.1 Å². The first kappa shape index (κ1) is 15.1. The van der Waals surface area contributed by atoms with Gasteiger partial charge in [-0.05, 0) is 17.4 Å². The van der Waals surface area contributed by atoms with Crippen LogP contribution in [0.1, 0.15) is 20.3 Å². The molecule has 1 amide bonds. The fourth-order valence-electron chi connectivity index (χ4n) is 1.65. The van der Waals surface area contributed by atoms with E-state index in [1.807, 2.05) is 22.1 Å². The Bertz CT molecular complexity index is 563. The van der Waals surface area contributed by atoms with Gasteiger partial charge in [0.2, 0.25) is 5.91 Å². The molecule has 0 fully saturated rings. The zero-order valence-electron chi connectivity index (χ0n) is 11.6. The van der Waals surface area contributed by atoms with Gasteiger partial charge in [-0.2, -0.15) is 0 Å². The van der Waals surface area contributed by atoms with Crippen LogP contribution >= 0.6 is 23.1 Å². The zero-order chi connectivity index (χ0) is 14.5. The number of carbonyl (C=O) groups is 1. The second-order valence-electron chi connectivity index (χ2n) is 4.86. The first-order valence-electron chi connectivity index (χ1n) is 6.46. The third-order valence-electron chi connectivity index (χ3n) is 2.59. The van der Waals surface area contributed by atoms with Crippen molar-refractivity contribution in [2.45, 2.75) is 32.0 Å². The Morgan fingerprint density at radius 2 is 2.30 bits per heavy atom. The molecule has 2 N–H and O–H groups in total. The lowest BCUT2D eigenvalue weighted by molar-refractivity contribution is -0.118. The number of aromatic nitrogens is 3. The second-order valence-corrected chi connectivity index (χ2v) is 6.79. The van der Waals surface area contributed by atoms with E-state index < -0.39 is 0 Å². The average molecular weight is 310 g/mol. The molecule has 2 heterocycles. The van der Waals surface area contributed by atoms with Crippen molar-refractivity contribution < 1.29 is 4.79 Å². The summed E-state index contributed by atoms with van der Waals surface area (Å²) in [6.45, 7) is 4.85. The van der Waals surface area contributed by atoms with Gasteiger partial charge in [0, 0.05) is 18.7 Å². The number of thioether (sulfide) groups is 1. The number of nitrogens with zero attached hydrogens (tertiary/aromatic N) is 3. The lowest BCUT2D eigenvalue weighted by Gasteiger charge is -2.09. The summed E-state index contributed by atoms with van der Waals surface area (Å²) in [7, 11) is 0. The van der Waals surface area contributed by atoms with Gasteiger partial charge in [-0.1, -0.05) is 31.7 Å². The predicted octanol–water partition coefficient (Wildman–Crippen LogP) is 2.63. The third-order valence-corrected chi connectivity index (χ3v) is 4.85. The summed E-state index contributed by atoms with van der Waals surface area (Å²) in [5, 5.41) is 11.4. The molecule has 0 radical (unpaired) electrons. The van der Waals surface area contributed by atoms with Gasteiger partial charge in [-0.25, -0.2) is 0 Å². The van der Waals surface area contributed by atoms with Crippen LogP contribution in [0, 0.1) is 5.92 Å². The lowest BCUT2D eigenvalue weighted by Crippen LogP contribution is -2.15. The monoisotopic (exact) mass is 310 g/mol. The summed E-state index contributed by atoms with van der Waals surface area (Å²) in [4.78, 5) is 12.1. The Labute approximate surface area is 126 Å². The van der Waals surface area contributed by atoms with Crippen molar-refractivity contribution in [3.8, 4) is 10.7 Å². The molecule has 20 heavy (non-hydrogen) atoms. The smallest absolute Gasteiger partial charge is 0.219 e. The van der Waals surface area contributed by atoms with E-state index >= 15 is 0 Å². The van der Waals surface area contributed by atoms with Crippen LogP contribution < -0.4 is 5.73 Å². The van der Waals surface area contributed by atoms with Gasteiger partial charge in [-0.3, -0.25) is 4.79 Å². The molecule has 0 aliphatic carbocycles. The molecule has 0 saturated carbocycles. The zero-order valence-corrected chi connectivity index (χ0v) is 13.2. The minimum absolute atomic E-state index is 0.297. The van der Waals surface area contributed by atoms with Gasteiger partial charge in [-0.15, -0.1) is 21.5 Å². The number of hydrogen-bond donors (Lipinski definition) is 1. The van der Waals surface area contributed by atoms with Crippen LogP contribution in [0.15, 0.2) is 22.7 Å². The van der Waals surface area contributed by atoms with E-state index in [2.05, 4.69) is 24.0 Å². The molecule has 0 aromatic carbocycles. The second kappa shape index (κ2) is 6.90. The van der Waals surface area contributed by atoms with Crippen LogP contribution in [0.25, 0.3) is 10.7 Å². The van der Waals surface area contributed by atoms with Crippen LogP contribution in [0.4, 0.5) is 0 Å². The molecule has 0 spiro atoms. The van der Waals surface area contributed by atoms with Gasteiger partial charge in [0.05, 0.1) is 4.88 Å². The topological polar surface area (TPSA) is 73.8 Å². The van der Waals surface area contributed by atoms with E-state index in [1.165, 1.54) is 0 Å². The summed E-state index contributed by atoms with van der Waals surface area (Å²) in [6, 6.07) is 3.99. The molecule has 0 aliphatic heterocycles. The summed E-state index contributed by atoms with van der Waals surface area (Å²) in [6.07, 6.45) is 0.297. The highest BCUT2D eigenvalue weighted by Gasteiger charge is 2.15. The molecule has 0 saturated heterocycles. The predicted molar refractivity (Wildman–Crippen MR) is 82.7 cm³/mol. The Morgan fingerprint density at radius 1 is 1.50 bits per heavy atom. The largest absolute Gasteiger partial charge is 0.370 e. The quantitative estimate of drug-likeness (QED) is 0.798. The molecule has 2 aromatic heterocycles. The van der Waals surface area contributed by atoms with E-state index in [9.17, 15) is 4.79 Å². The molecule has 2 aromatic rings. The number of thiophene rings is 1. The Hall–Kier alpha value is -1.34. The van der Waals surface area contributed by atoms with Crippen molar-refractivity contribution in [3.63, 3.8) is 0 Å². The minimum Gasteiger partial charge on any atom is -0.370 e. The molecular weight excluding hydrogens is 292 g/mol. The van der Waals surface area contributed by atoms with Gasteiger partial charge in [0.25, 0.3) is 0 Å². The number of carbonyl (C=O) groups excluding carboxylic acids is 1. The van der Waals surface area contributed by atoms with Crippen molar-refractivity contribution in [2.75, 3.05) is 5.75 Å². The molecule has 0 unspecified atom stereocenters. The van der Waals surface area contributed by atoms with Crippen LogP contribution in [0.5, 0.6) is 0 Å². The van der Waals surface area contributed by atoms with Gasteiger partial charge < -0.3 is 10.3 Å². The fraction of sp³-hybridized carbons (Fsp3) is 0.462. The van der Waals surface area contributed by atoms with Crippen LogP contribution in [-0.2, 0) is 11.3 Å². The van der Waals surface area contributed by atoms with E-state index in [0.717, 1.165) is 21.6 Å². The Balaban J connectivity index is 2.25. The first-order valence-corrected chi connectivity index (χ1v) is 8.32. The van der Waals surface area contributed by atoms with Gasteiger partial charge >= 0.3 is 0 Å². The highest BCUT2D eigenvalue weighted by molar-refractivity contribution is 7.99. The maximum Gasteiger partial charge on any atom is 0.219 e. The van der Waals surface area contributed by atoms with Gasteiger partial charge in [0.15, 0.2) is 11.0 Å². The fourth-order valence-corrected chi connectivity index (χ4v) is 3.28. The summed E-state index contributed by atoms with van der Waals surface area (Å²) in [5.74, 6) is 2.05. The molecular formula is C13H18N4OS2. The van der Waals surface area contributed by atoms with Gasteiger partial charge in [0.1, 0.15) is 0 Å². The number of hydrogen-bond acceptors (Lipinski definition) is 5. The van der Waals surface area contributed by atoms with Crippen LogP contribution in [0.2, 0.25) is 0 Å². The average Bonchev–Trinajstić information content (AvgIpc) is 3.02. The molecule has 0 atom stereocenters. The van der Waals surface area contributed by atoms with Crippen LogP contribution in [-0.4, -0.2) is 26.4 Å². The Kier molecular flexibility index (Phi) is 5.19. The molecule has 0 aliphatic rings. The molecule has 0 bridgehead atoms. The molecule has 108 valence electrons. The third kappa shape index (κ3) is 3.83. The summed E-state index contributed by atoms with van der Waals surface area (Å²) in [5.41, 5.74) is 5.25. The molecule has 2 rings (SSSR count). The highest BCUT2D eigenvalue weighted by atomic mass is 32.2. The molecule has 5 nitrogen and oxygen atoms in total. The van der Waals surface area contributed by atoms with Crippen molar-refractivity contribution in [1.82, 2.24) is 14.8 Å². The SMILES string of the molecule is CC(C)CSc1nnc(-c2cccs2)n1CCC(N)=O. The molecule has 7 heteroatoms. The normalized spacial score (nSPS) is 11.2. The Morgan fingerprint density at radius 3 is 2.90 bits per heavy atom. The van der Waals surface area contributed by atoms with Crippen molar-refractivity contribution >= 4 is 29.0 Å². The standard InChI is InChI=1S/C13H18N4OS2/c1-9(2)8-20-13-16-15-12(10-4-3-7-19-10)17(13)6-5-11(14)18/h3-4,7,9H,5-6,8H2,1-2H3,(H2,14,18). The minimum atomic E-state index is -0.310. The van der Waals surface area contributed by atoms with Crippen molar-refractivity contribution in [3.05, 3.63) is 17.5 Å². The van der Waals surface area contributed by atoms with Crippen molar-refractivity contribution in [1.29, 1.82) is 0 Å².